The number of aryl methyl sites for hydroxylation is 1. The molecule has 1 atom stereocenters. The zero-order valence-corrected chi connectivity index (χ0v) is 11.8. The van der Waals surface area contributed by atoms with Crippen LogP contribution < -0.4 is 4.74 Å². The zero-order valence-electron chi connectivity index (χ0n) is 11.0. The van der Waals surface area contributed by atoms with E-state index in [4.69, 9.17) is 4.74 Å². The molecule has 2 nitrogen and oxygen atoms in total. The van der Waals surface area contributed by atoms with E-state index in [1.165, 1.54) is 5.56 Å². The number of para-hydroxylation sites is 1. The third kappa shape index (κ3) is 4.62. The van der Waals surface area contributed by atoms with Crippen LogP contribution in [-0.4, -0.2) is 23.6 Å². The molecule has 0 saturated heterocycles. The number of benzene rings is 2. The van der Waals surface area contributed by atoms with Crippen LogP contribution in [0.5, 0.6) is 5.75 Å². The van der Waals surface area contributed by atoms with Crippen molar-refractivity contribution in [3.63, 3.8) is 0 Å². The quantitative estimate of drug-likeness (QED) is 0.817. The van der Waals surface area contributed by atoms with Gasteiger partial charge in [0.15, 0.2) is 0 Å². The van der Waals surface area contributed by atoms with Gasteiger partial charge >= 0.3 is 0 Å². The Hall–Kier alpha value is -1.45. The van der Waals surface area contributed by atoms with Crippen molar-refractivity contribution in [3.05, 3.63) is 60.2 Å². The Balaban J connectivity index is 1.88. The predicted octanol–water partition coefficient (Wildman–Crippen LogP) is 3.53. The maximum Gasteiger partial charge on any atom is 0.119 e. The fraction of sp³-hybridized carbons (Fsp3) is 0.250. The number of aliphatic hydroxyl groups is 1. The zero-order chi connectivity index (χ0) is 13.5. The maximum absolute atomic E-state index is 9.42. The molecule has 0 spiro atoms. The van der Waals surface area contributed by atoms with E-state index in [2.05, 4.69) is 31.2 Å². The van der Waals surface area contributed by atoms with Crippen LogP contribution >= 0.6 is 11.8 Å². The van der Waals surface area contributed by atoms with Crippen LogP contribution in [0.2, 0.25) is 0 Å². The minimum absolute atomic E-state index is 0.0444. The number of hydrogen-bond acceptors (Lipinski definition) is 3. The molecule has 2 rings (SSSR count). The molecule has 0 fully saturated rings. The summed E-state index contributed by atoms with van der Waals surface area (Å²) in [5.74, 6) is 0.838. The van der Waals surface area contributed by atoms with Crippen molar-refractivity contribution in [1.82, 2.24) is 0 Å². The molecule has 3 heteroatoms. The fourth-order valence-corrected chi connectivity index (χ4v) is 2.53. The van der Waals surface area contributed by atoms with Gasteiger partial charge in [-0.05, 0) is 31.2 Å². The van der Waals surface area contributed by atoms with Gasteiger partial charge in [-0.3, -0.25) is 0 Å². The van der Waals surface area contributed by atoms with Gasteiger partial charge in [-0.1, -0.05) is 35.9 Å². The molecule has 0 aliphatic rings. The summed E-state index contributed by atoms with van der Waals surface area (Å²) >= 11 is 1.64. The van der Waals surface area contributed by atoms with E-state index in [-0.39, 0.29) is 11.9 Å². The molecule has 0 radical (unpaired) electrons. The van der Waals surface area contributed by atoms with Crippen molar-refractivity contribution in [3.8, 4) is 5.75 Å². The standard InChI is InChI=1S/C16H18O2S/c1-13-7-9-15(10-8-13)19-16(11-17)12-18-14-5-3-2-4-6-14/h2-10,16-17H,11-12H2,1H3. The summed E-state index contributed by atoms with van der Waals surface area (Å²) in [5, 5.41) is 9.46. The highest BCUT2D eigenvalue weighted by atomic mass is 32.2. The first kappa shape index (κ1) is 14.0. The smallest absolute Gasteiger partial charge is 0.119 e. The average Bonchev–Trinajstić information content (AvgIpc) is 2.46. The molecule has 2 aromatic carbocycles. The Morgan fingerprint density at radius 2 is 1.74 bits per heavy atom. The van der Waals surface area contributed by atoms with Gasteiger partial charge in [0.25, 0.3) is 0 Å². The van der Waals surface area contributed by atoms with Gasteiger partial charge in [0.2, 0.25) is 0 Å². The predicted molar refractivity (Wildman–Crippen MR) is 79.8 cm³/mol. The van der Waals surface area contributed by atoms with Gasteiger partial charge in [0.1, 0.15) is 12.4 Å². The summed E-state index contributed by atoms with van der Waals surface area (Å²) in [5.41, 5.74) is 1.24. The second kappa shape index (κ2) is 7.22. The van der Waals surface area contributed by atoms with Crippen LogP contribution in [0, 0.1) is 6.92 Å². The fourth-order valence-electron chi connectivity index (χ4n) is 1.64. The molecule has 0 saturated carbocycles. The lowest BCUT2D eigenvalue weighted by atomic mass is 10.2. The summed E-state index contributed by atoms with van der Waals surface area (Å²) in [6.45, 7) is 2.67. The van der Waals surface area contributed by atoms with E-state index in [1.807, 2.05) is 30.3 Å². The number of thioether (sulfide) groups is 1. The Morgan fingerprint density at radius 1 is 1.05 bits per heavy atom. The van der Waals surface area contributed by atoms with E-state index < -0.39 is 0 Å². The summed E-state index contributed by atoms with van der Waals surface area (Å²) in [7, 11) is 0. The molecule has 2 aromatic rings. The molecule has 0 aliphatic carbocycles. The summed E-state index contributed by atoms with van der Waals surface area (Å²) in [4.78, 5) is 1.15. The summed E-state index contributed by atoms with van der Waals surface area (Å²) in [6, 6.07) is 18.0. The van der Waals surface area contributed by atoms with Crippen molar-refractivity contribution in [1.29, 1.82) is 0 Å². The Labute approximate surface area is 118 Å². The molecule has 1 N–H and O–H groups in total. The SMILES string of the molecule is Cc1ccc(SC(CO)COc2ccccc2)cc1. The molecule has 0 aliphatic heterocycles. The maximum atomic E-state index is 9.42. The van der Waals surface area contributed by atoms with Gasteiger partial charge in [0.05, 0.1) is 11.9 Å². The highest BCUT2D eigenvalue weighted by Crippen LogP contribution is 2.24. The van der Waals surface area contributed by atoms with Gasteiger partial charge in [0, 0.05) is 4.90 Å². The number of ether oxygens (including phenoxy) is 1. The molecule has 100 valence electrons. The lowest BCUT2D eigenvalue weighted by molar-refractivity contribution is 0.241. The van der Waals surface area contributed by atoms with E-state index in [0.29, 0.717) is 6.61 Å². The number of hydrogen-bond donors (Lipinski definition) is 1. The van der Waals surface area contributed by atoms with E-state index in [9.17, 15) is 5.11 Å². The summed E-state index contributed by atoms with van der Waals surface area (Å²) < 4.78 is 5.67. The molecule has 0 heterocycles. The number of rotatable bonds is 6. The van der Waals surface area contributed by atoms with Gasteiger partial charge in [-0.25, -0.2) is 0 Å². The van der Waals surface area contributed by atoms with Crippen LogP contribution in [0.4, 0.5) is 0 Å². The van der Waals surface area contributed by atoms with Gasteiger partial charge in [-0.2, -0.15) is 0 Å². The van der Waals surface area contributed by atoms with Crippen LogP contribution in [0.3, 0.4) is 0 Å². The lowest BCUT2D eigenvalue weighted by Crippen LogP contribution is -2.18. The van der Waals surface area contributed by atoms with E-state index in [1.54, 1.807) is 11.8 Å². The van der Waals surface area contributed by atoms with Crippen molar-refractivity contribution >= 4 is 11.8 Å². The van der Waals surface area contributed by atoms with Crippen molar-refractivity contribution in [2.75, 3.05) is 13.2 Å². The molecule has 19 heavy (non-hydrogen) atoms. The van der Waals surface area contributed by atoms with Crippen LogP contribution in [0.25, 0.3) is 0 Å². The van der Waals surface area contributed by atoms with Crippen LogP contribution in [0.15, 0.2) is 59.5 Å². The van der Waals surface area contributed by atoms with Crippen molar-refractivity contribution in [2.24, 2.45) is 0 Å². The van der Waals surface area contributed by atoms with Gasteiger partial charge < -0.3 is 9.84 Å². The molecular weight excluding hydrogens is 256 g/mol. The van der Waals surface area contributed by atoms with Crippen LogP contribution in [0.1, 0.15) is 5.56 Å². The van der Waals surface area contributed by atoms with Crippen molar-refractivity contribution < 1.29 is 9.84 Å². The second-order valence-electron chi connectivity index (χ2n) is 4.36. The normalized spacial score (nSPS) is 12.1. The van der Waals surface area contributed by atoms with Gasteiger partial charge in [-0.15, -0.1) is 11.8 Å². The Kier molecular flexibility index (Phi) is 5.31. The van der Waals surface area contributed by atoms with E-state index in [0.717, 1.165) is 10.6 Å². The topological polar surface area (TPSA) is 29.5 Å². The van der Waals surface area contributed by atoms with Crippen LogP contribution in [-0.2, 0) is 0 Å². The largest absolute Gasteiger partial charge is 0.492 e. The first-order chi connectivity index (χ1) is 9.28. The highest BCUT2D eigenvalue weighted by molar-refractivity contribution is 8.00. The first-order valence-electron chi connectivity index (χ1n) is 6.30. The Bertz CT molecular complexity index is 482. The van der Waals surface area contributed by atoms with Crippen molar-refractivity contribution in [2.45, 2.75) is 17.1 Å². The third-order valence-corrected chi connectivity index (χ3v) is 3.87. The molecule has 0 aromatic heterocycles. The average molecular weight is 274 g/mol. The second-order valence-corrected chi connectivity index (χ2v) is 5.73. The minimum atomic E-state index is 0.0444. The third-order valence-electron chi connectivity index (χ3n) is 2.71. The first-order valence-corrected chi connectivity index (χ1v) is 7.18. The summed E-state index contributed by atoms with van der Waals surface area (Å²) in [6.07, 6.45) is 0. The minimum Gasteiger partial charge on any atom is -0.492 e. The van der Waals surface area contributed by atoms with E-state index >= 15 is 0 Å². The highest BCUT2D eigenvalue weighted by Gasteiger charge is 2.10. The molecule has 0 bridgehead atoms. The molecule has 0 amide bonds. The number of aliphatic hydroxyl groups excluding tert-OH is 1. The lowest BCUT2D eigenvalue weighted by Gasteiger charge is -2.15. The molecule has 1 unspecified atom stereocenters. The monoisotopic (exact) mass is 274 g/mol. The molecular formula is C16H18O2S. The Morgan fingerprint density at radius 3 is 2.37 bits per heavy atom.